The maximum Gasteiger partial charge on any atom is 0.264 e. The number of aromatic nitrogens is 4. The van der Waals surface area contributed by atoms with Gasteiger partial charge in [-0.1, -0.05) is 78.9 Å². The predicted molar refractivity (Wildman–Crippen MR) is 140 cm³/mol. The summed E-state index contributed by atoms with van der Waals surface area (Å²) in [5.41, 5.74) is 2.70. The predicted octanol–water partition coefficient (Wildman–Crippen LogP) is 4.12. The highest BCUT2D eigenvalue weighted by Gasteiger charge is 2.18. The number of amides is 1. The summed E-state index contributed by atoms with van der Waals surface area (Å²) in [6.07, 6.45) is 3.18. The molecule has 1 amide bonds. The average molecular weight is 496 g/mol. The molecule has 0 fully saturated rings. The van der Waals surface area contributed by atoms with E-state index in [-0.39, 0.29) is 29.7 Å². The summed E-state index contributed by atoms with van der Waals surface area (Å²) in [7, 11) is 0. The number of benzene rings is 3. The van der Waals surface area contributed by atoms with Crippen LogP contribution in [0.15, 0.2) is 102 Å². The van der Waals surface area contributed by atoms with E-state index in [1.54, 1.807) is 22.9 Å². The lowest BCUT2D eigenvalue weighted by molar-refractivity contribution is -0.121. The summed E-state index contributed by atoms with van der Waals surface area (Å²) < 4.78 is 17.0. The standard InChI is InChI=1S/C29H26FN5O2/c30-26-14-8-7-13-23(26)19-34-20-32-28-25(29(34)37)18-33-35(28)16-15-31-27(36)17-24(21-9-3-1-4-10-21)22-11-5-2-6-12-22/h1-14,18,20,24H,15-17,19H2,(H,31,36). The van der Waals surface area contributed by atoms with Gasteiger partial charge in [0.2, 0.25) is 5.91 Å². The Balaban J connectivity index is 1.24. The van der Waals surface area contributed by atoms with E-state index in [9.17, 15) is 14.0 Å². The Morgan fingerprint density at radius 3 is 2.24 bits per heavy atom. The largest absolute Gasteiger partial charge is 0.354 e. The minimum Gasteiger partial charge on any atom is -0.354 e. The molecule has 7 nitrogen and oxygen atoms in total. The molecular formula is C29H26FN5O2. The van der Waals surface area contributed by atoms with Crippen LogP contribution in [0.2, 0.25) is 0 Å². The number of nitrogens with zero attached hydrogens (tertiary/aromatic N) is 4. The molecule has 0 atom stereocenters. The number of halogens is 1. The minimum absolute atomic E-state index is 0.0532. The molecular weight excluding hydrogens is 469 g/mol. The average Bonchev–Trinajstić information content (AvgIpc) is 3.35. The van der Waals surface area contributed by atoms with Gasteiger partial charge in [0.25, 0.3) is 5.56 Å². The highest BCUT2D eigenvalue weighted by Crippen LogP contribution is 2.27. The van der Waals surface area contributed by atoms with Crippen LogP contribution in [-0.2, 0) is 17.9 Å². The van der Waals surface area contributed by atoms with Crippen LogP contribution in [0.1, 0.15) is 29.0 Å². The molecule has 0 spiro atoms. The van der Waals surface area contributed by atoms with Crippen molar-refractivity contribution in [1.29, 1.82) is 0 Å². The lowest BCUT2D eigenvalue weighted by Gasteiger charge is -2.18. The first-order chi connectivity index (χ1) is 18.1. The van der Waals surface area contributed by atoms with Gasteiger partial charge in [0.15, 0.2) is 5.65 Å². The maximum atomic E-state index is 14.0. The molecule has 0 aliphatic heterocycles. The third-order valence-electron chi connectivity index (χ3n) is 6.36. The zero-order valence-corrected chi connectivity index (χ0v) is 20.1. The molecule has 3 aromatic carbocycles. The van der Waals surface area contributed by atoms with Crippen molar-refractivity contribution in [3.05, 3.63) is 130 Å². The van der Waals surface area contributed by atoms with Gasteiger partial charge in [-0.15, -0.1) is 0 Å². The highest BCUT2D eigenvalue weighted by molar-refractivity contribution is 5.77. The fourth-order valence-electron chi connectivity index (χ4n) is 4.44. The minimum atomic E-state index is -0.372. The van der Waals surface area contributed by atoms with Crippen LogP contribution in [0.25, 0.3) is 11.0 Å². The lowest BCUT2D eigenvalue weighted by atomic mass is 9.88. The van der Waals surface area contributed by atoms with Crippen LogP contribution < -0.4 is 10.9 Å². The van der Waals surface area contributed by atoms with E-state index in [4.69, 9.17) is 0 Å². The van der Waals surface area contributed by atoms with E-state index in [0.717, 1.165) is 11.1 Å². The topological polar surface area (TPSA) is 81.8 Å². The highest BCUT2D eigenvalue weighted by atomic mass is 19.1. The van der Waals surface area contributed by atoms with Gasteiger partial charge < -0.3 is 5.32 Å². The number of hydrogen-bond acceptors (Lipinski definition) is 4. The molecule has 0 aliphatic rings. The number of carbonyl (C=O) groups excluding carboxylic acids is 1. The Labute approximate surface area is 213 Å². The number of rotatable bonds is 9. The second-order valence-electron chi connectivity index (χ2n) is 8.80. The molecule has 0 aliphatic carbocycles. The molecule has 0 saturated carbocycles. The molecule has 5 aromatic rings. The van der Waals surface area contributed by atoms with Crippen molar-refractivity contribution in [1.82, 2.24) is 24.6 Å². The van der Waals surface area contributed by atoms with Crippen molar-refractivity contribution >= 4 is 16.9 Å². The monoisotopic (exact) mass is 495 g/mol. The van der Waals surface area contributed by atoms with Crippen LogP contribution in [0, 0.1) is 5.82 Å². The number of carbonyl (C=O) groups is 1. The summed E-state index contributed by atoms with van der Waals surface area (Å²) in [4.78, 5) is 30.1. The molecule has 186 valence electrons. The zero-order chi connectivity index (χ0) is 25.6. The summed E-state index contributed by atoms with van der Waals surface area (Å²) >= 11 is 0. The summed E-state index contributed by atoms with van der Waals surface area (Å²) in [6, 6.07) is 26.3. The molecule has 2 aromatic heterocycles. The molecule has 0 radical (unpaired) electrons. The second kappa shape index (κ2) is 11.0. The first kappa shape index (κ1) is 24.1. The van der Waals surface area contributed by atoms with E-state index in [1.165, 1.54) is 23.2 Å². The second-order valence-corrected chi connectivity index (χ2v) is 8.80. The van der Waals surface area contributed by atoms with Crippen molar-refractivity contribution in [2.24, 2.45) is 0 Å². The van der Waals surface area contributed by atoms with Crippen LogP contribution in [0.3, 0.4) is 0 Å². The number of hydrogen-bond donors (Lipinski definition) is 1. The van der Waals surface area contributed by atoms with Crippen LogP contribution >= 0.6 is 0 Å². The SMILES string of the molecule is O=C(CC(c1ccccc1)c1ccccc1)NCCn1ncc2c(=O)n(Cc3ccccc3F)cnc21. The maximum absolute atomic E-state index is 14.0. The third kappa shape index (κ3) is 5.48. The van der Waals surface area contributed by atoms with Crippen LogP contribution in [0.5, 0.6) is 0 Å². The zero-order valence-electron chi connectivity index (χ0n) is 20.1. The van der Waals surface area contributed by atoms with Crippen molar-refractivity contribution in [3.8, 4) is 0 Å². The van der Waals surface area contributed by atoms with Gasteiger partial charge >= 0.3 is 0 Å². The van der Waals surface area contributed by atoms with Gasteiger partial charge in [-0.2, -0.15) is 5.10 Å². The third-order valence-corrected chi connectivity index (χ3v) is 6.36. The first-order valence-electron chi connectivity index (χ1n) is 12.1. The molecule has 0 unspecified atom stereocenters. The van der Waals surface area contributed by atoms with Gasteiger partial charge in [0.05, 0.1) is 19.3 Å². The van der Waals surface area contributed by atoms with Gasteiger partial charge in [-0.05, 0) is 17.2 Å². The van der Waals surface area contributed by atoms with Crippen molar-refractivity contribution in [3.63, 3.8) is 0 Å². The molecule has 2 heterocycles. The Morgan fingerprint density at radius 1 is 0.919 bits per heavy atom. The van der Waals surface area contributed by atoms with Gasteiger partial charge in [0.1, 0.15) is 17.5 Å². The summed E-state index contributed by atoms with van der Waals surface area (Å²) in [5.74, 6) is -0.500. The van der Waals surface area contributed by atoms with E-state index < -0.39 is 0 Å². The normalized spacial score (nSPS) is 11.2. The van der Waals surface area contributed by atoms with Crippen molar-refractivity contribution in [2.45, 2.75) is 25.4 Å². The quantitative estimate of drug-likeness (QED) is 0.334. The van der Waals surface area contributed by atoms with Gasteiger partial charge in [-0.3, -0.25) is 14.2 Å². The summed E-state index contributed by atoms with van der Waals surface area (Å²) in [5, 5.41) is 7.60. The number of fused-ring (bicyclic) bond motifs is 1. The Morgan fingerprint density at radius 2 is 1.57 bits per heavy atom. The first-order valence-corrected chi connectivity index (χ1v) is 12.1. The van der Waals surface area contributed by atoms with Gasteiger partial charge in [-0.25, -0.2) is 14.1 Å². The van der Waals surface area contributed by atoms with Crippen molar-refractivity contribution in [2.75, 3.05) is 6.54 Å². The fourth-order valence-corrected chi connectivity index (χ4v) is 4.44. The Kier molecular flexibility index (Phi) is 7.16. The van der Waals surface area contributed by atoms with Crippen LogP contribution in [-0.4, -0.2) is 31.8 Å². The smallest absolute Gasteiger partial charge is 0.264 e. The Bertz CT molecular complexity index is 1520. The Hall–Kier alpha value is -4.59. The van der Waals surface area contributed by atoms with E-state index >= 15 is 0 Å². The molecule has 37 heavy (non-hydrogen) atoms. The molecule has 1 N–H and O–H groups in total. The molecule has 8 heteroatoms. The fraction of sp³-hybridized carbons (Fsp3) is 0.172. The van der Waals surface area contributed by atoms with E-state index in [2.05, 4.69) is 15.4 Å². The summed E-state index contributed by atoms with van der Waals surface area (Å²) in [6.45, 7) is 0.784. The lowest BCUT2D eigenvalue weighted by Crippen LogP contribution is -2.29. The van der Waals surface area contributed by atoms with Crippen LogP contribution in [0.4, 0.5) is 4.39 Å². The number of nitrogens with one attached hydrogen (secondary N) is 1. The molecule has 5 rings (SSSR count). The van der Waals surface area contributed by atoms with E-state index in [0.29, 0.717) is 36.1 Å². The van der Waals surface area contributed by atoms with Gasteiger partial charge in [0, 0.05) is 24.4 Å². The van der Waals surface area contributed by atoms with E-state index in [1.807, 2.05) is 60.7 Å². The van der Waals surface area contributed by atoms with Crippen molar-refractivity contribution < 1.29 is 9.18 Å². The molecule has 0 saturated heterocycles. The molecule has 0 bridgehead atoms.